The number of amides is 2. The van der Waals surface area contributed by atoms with Crippen LogP contribution >= 0.6 is 0 Å². The van der Waals surface area contributed by atoms with Gasteiger partial charge in [0.2, 0.25) is 0 Å². The molecule has 1 aromatic carbocycles. The molecule has 0 radical (unpaired) electrons. The van der Waals surface area contributed by atoms with Crippen LogP contribution in [0.3, 0.4) is 0 Å². The third-order valence-electron chi connectivity index (χ3n) is 4.47. The Morgan fingerprint density at radius 2 is 2.16 bits per heavy atom. The SMILES string of the molecule is COC(=O)c1cccc(NC(=O)NCCCCN2CCCC(C)C2)c1. The number of rotatable bonds is 7. The summed E-state index contributed by atoms with van der Waals surface area (Å²) in [6.07, 6.45) is 4.69. The molecule has 1 atom stereocenters. The maximum atomic E-state index is 11.9. The Morgan fingerprint density at radius 1 is 1.32 bits per heavy atom. The quantitative estimate of drug-likeness (QED) is 0.587. The fourth-order valence-electron chi connectivity index (χ4n) is 3.17. The van der Waals surface area contributed by atoms with Gasteiger partial charge in [0.1, 0.15) is 0 Å². The molecule has 2 rings (SSSR count). The highest BCUT2D eigenvalue weighted by Crippen LogP contribution is 2.15. The van der Waals surface area contributed by atoms with E-state index in [1.807, 2.05) is 0 Å². The van der Waals surface area contributed by atoms with Crippen LogP contribution in [0.25, 0.3) is 0 Å². The van der Waals surface area contributed by atoms with Crippen LogP contribution in [0.5, 0.6) is 0 Å². The van der Waals surface area contributed by atoms with Gasteiger partial charge < -0.3 is 20.3 Å². The number of ether oxygens (including phenoxy) is 1. The molecule has 6 heteroatoms. The predicted molar refractivity (Wildman–Crippen MR) is 98.9 cm³/mol. The fourth-order valence-corrected chi connectivity index (χ4v) is 3.17. The number of methoxy groups -OCH3 is 1. The molecule has 2 N–H and O–H groups in total. The summed E-state index contributed by atoms with van der Waals surface area (Å²) < 4.78 is 4.67. The zero-order chi connectivity index (χ0) is 18.1. The molecule has 2 amide bonds. The summed E-state index contributed by atoms with van der Waals surface area (Å²) >= 11 is 0. The highest BCUT2D eigenvalue weighted by Gasteiger charge is 2.15. The molecule has 1 saturated heterocycles. The molecule has 0 bridgehead atoms. The molecule has 1 aliphatic rings. The Kier molecular flexibility index (Phi) is 7.73. The maximum absolute atomic E-state index is 11.9. The van der Waals surface area contributed by atoms with Crippen LogP contribution in [0, 0.1) is 5.92 Å². The second-order valence-electron chi connectivity index (χ2n) is 6.71. The largest absolute Gasteiger partial charge is 0.465 e. The average Bonchev–Trinajstić information content (AvgIpc) is 2.61. The van der Waals surface area contributed by atoms with Gasteiger partial charge in [0, 0.05) is 18.8 Å². The van der Waals surface area contributed by atoms with E-state index < -0.39 is 5.97 Å². The van der Waals surface area contributed by atoms with Crippen LogP contribution in [-0.2, 0) is 4.74 Å². The molecule has 0 aliphatic carbocycles. The first-order valence-electron chi connectivity index (χ1n) is 9.04. The summed E-state index contributed by atoms with van der Waals surface area (Å²) in [5, 5.41) is 5.59. The van der Waals surface area contributed by atoms with Gasteiger partial charge in [-0.3, -0.25) is 0 Å². The van der Waals surface area contributed by atoms with Gasteiger partial charge in [-0.1, -0.05) is 13.0 Å². The van der Waals surface area contributed by atoms with Crippen molar-refractivity contribution in [1.82, 2.24) is 10.2 Å². The van der Waals surface area contributed by atoms with Gasteiger partial charge in [-0.25, -0.2) is 9.59 Å². The third kappa shape index (κ3) is 6.74. The van der Waals surface area contributed by atoms with Crippen LogP contribution in [0.4, 0.5) is 10.5 Å². The van der Waals surface area contributed by atoms with E-state index in [2.05, 4.69) is 27.2 Å². The maximum Gasteiger partial charge on any atom is 0.337 e. The zero-order valence-corrected chi connectivity index (χ0v) is 15.2. The molecule has 1 aliphatic heterocycles. The molecule has 6 nitrogen and oxygen atoms in total. The van der Waals surface area contributed by atoms with Gasteiger partial charge in [-0.2, -0.15) is 0 Å². The van der Waals surface area contributed by atoms with E-state index >= 15 is 0 Å². The Balaban J connectivity index is 1.63. The number of likely N-dealkylation sites (tertiary alicyclic amines) is 1. The lowest BCUT2D eigenvalue weighted by molar-refractivity contribution is 0.0600. The third-order valence-corrected chi connectivity index (χ3v) is 4.47. The summed E-state index contributed by atoms with van der Waals surface area (Å²) in [6.45, 7) is 6.47. The number of carbonyl (C=O) groups excluding carboxylic acids is 2. The Hall–Kier alpha value is -2.08. The summed E-state index contributed by atoms with van der Waals surface area (Å²) in [5.74, 6) is 0.384. The van der Waals surface area contributed by atoms with E-state index in [1.165, 1.54) is 33.0 Å². The molecular weight excluding hydrogens is 318 g/mol. The Bertz CT molecular complexity index is 577. The lowest BCUT2D eigenvalue weighted by atomic mass is 10.0. The fraction of sp³-hybridized carbons (Fsp3) is 0.579. The number of esters is 1. The first-order chi connectivity index (χ1) is 12.1. The lowest BCUT2D eigenvalue weighted by Crippen LogP contribution is -2.35. The normalized spacial score (nSPS) is 17.8. The van der Waals surface area contributed by atoms with Crippen molar-refractivity contribution in [3.05, 3.63) is 29.8 Å². The Morgan fingerprint density at radius 3 is 2.92 bits per heavy atom. The molecule has 1 fully saturated rings. The number of urea groups is 1. The van der Waals surface area contributed by atoms with Gasteiger partial charge in [0.25, 0.3) is 0 Å². The van der Waals surface area contributed by atoms with Crippen LogP contribution in [0.15, 0.2) is 24.3 Å². The summed E-state index contributed by atoms with van der Waals surface area (Å²) in [5.41, 5.74) is 0.985. The van der Waals surface area contributed by atoms with E-state index in [1.54, 1.807) is 24.3 Å². The second kappa shape index (κ2) is 10.0. The number of hydrogen-bond acceptors (Lipinski definition) is 4. The van der Waals surface area contributed by atoms with Crippen molar-refractivity contribution < 1.29 is 14.3 Å². The predicted octanol–water partition coefficient (Wildman–Crippen LogP) is 3.11. The number of hydrogen-bond donors (Lipinski definition) is 2. The number of unbranched alkanes of at least 4 members (excludes halogenated alkanes) is 1. The highest BCUT2D eigenvalue weighted by molar-refractivity contribution is 5.93. The zero-order valence-electron chi connectivity index (χ0n) is 15.2. The van der Waals surface area contributed by atoms with Gasteiger partial charge >= 0.3 is 12.0 Å². The Labute approximate surface area is 149 Å². The van der Waals surface area contributed by atoms with E-state index in [0.717, 1.165) is 25.3 Å². The topological polar surface area (TPSA) is 70.7 Å². The first kappa shape index (κ1) is 19.2. The highest BCUT2D eigenvalue weighted by atomic mass is 16.5. The molecular formula is C19H29N3O3. The minimum absolute atomic E-state index is 0.256. The molecule has 138 valence electrons. The minimum atomic E-state index is -0.420. The van der Waals surface area contributed by atoms with Gasteiger partial charge in [0.05, 0.1) is 12.7 Å². The number of nitrogens with one attached hydrogen (secondary N) is 2. The number of nitrogens with zero attached hydrogens (tertiary/aromatic N) is 1. The van der Waals surface area contributed by atoms with Crippen LogP contribution in [0.1, 0.15) is 43.0 Å². The van der Waals surface area contributed by atoms with Gasteiger partial charge in [0.15, 0.2) is 0 Å². The number of benzene rings is 1. The van der Waals surface area contributed by atoms with E-state index in [-0.39, 0.29) is 6.03 Å². The molecule has 0 saturated carbocycles. The van der Waals surface area contributed by atoms with Gasteiger partial charge in [-0.15, -0.1) is 0 Å². The van der Waals surface area contributed by atoms with E-state index in [9.17, 15) is 9.59 Å². The summed E-state index contributed by atoms with van der Waals surface area (Å²) in [6, 6.07) is 6.44. The van der Waals surface area contributed by atoms with E-state index in [0.29, 0.717) is 17.8 Å². The van der Waals surface area contributed by atoms with Crippen molar-refractivity contribution in [2.75, 3.05) is 38.6 Å². The van der Waals surface area contributed by atoms with Crippen molar-refractivity contribution in [1.29, 1.82) is 0 Å². The van der Waals surface area contributed by atoms with E-state index in [4.69, 9.17) is 0 Å². The molecule has 1 unspecified atom stereocenters. The van der Waals surface area contributed by atoms with Crippen molar-refractivity contribution in [2.24, 2.45) is 5.92 Å². The van der Waals surface area contributed by atoms with Gasteiger partial charge in [-0.05, 0) is 62.9 Å². The molecule has 0 spiro atoms. The molecule has 25 heavy (non-hydrogen) atoms. The number of carbonyl (C=O) groups is 2. The monoisotopic (exact) mass is 347 g/mol. The summed E-state index contributed by atoms with van der Waals surface area (Å²) in [4.78, 5) is 25.9. The average molecular weight is 347 g/mol. The van der Waals surface area contributed by atoms with Crippen molar-refractivity contribution in [2.45, 2.75) is 32.6 Å². The van der Waals surface area contributed by atoms with Crippen molar-refractivity contribution in [3.8, 4) is 0 Å². The first-order valence-corrected chi connectivity index (χ1v) is 9.04. The van der Waals surface area contributed by atoms with Crippen LogP contribution < -0.4 is 10.6 Å². The van der Waals surface area contributed by atoms with Crippen molar-refractivity contribution >= 4 is 17.7 Å². The van der Waals surface area contributed by atoms with Crippen molar-refractivity contribution in [3.63, 3.8) is 0 Å². The summed E-state index contributed by atoms with van der Waals surface area (Å²) in [7, 11) is 1.33. The van der Waals surface area contributed by atoms with Crippen LogP contribution in [0.2, 0.25) is 0 Å². The molecule has 1 heterocycles. The number of anilines is 1. The smallest absolute Gasteiger partial charge is 0.337 e. The minimum Gasteiger partial charge on any atom is -0.465 e. The molecule has 1 aromatic rings. The lowest BCUT2D eigenvalue weighted by Gasteiger charge is -2.30. The number of piperidine rings is 1. The van der Waals surface area contributed by atoms with Crippen LogP contribution in [-0.4, -0.2) is 50.2 Å². The molecule has 0 aromatic heterocycles. The standard InChI is InChI=1S/C19H29N3O3/c1-15-7-6-12-22(14-15)11-4-3-10-20-19(24)21-17-9-5-8-16(13-17)18(23)25-2/h5,8-9,13,15H,3-4,6-7,10-12,14H2,1-2H3,(H2,20,21,24). The second-order valence-corrected chi connectivity index (χ2v) is 6.71.